The fourth-order valence-electron chi connectivity index (χ4n) is 4.22. The second-order valence-electron chi connectivity index (χ2n) is 8.12. The number of likely N-dealkylation sites (tertiary alicyclic amines) is 1. The molecule has 1 aromatic heterocycles. The zero-order chi connectivity index (χ0) is 19.7. The largest absolute Gasteiger partial charge is 0.340 e. The Bertz CT molecular complexity index is 806. The van der Waals surface area contributed by atoms with E-state index in [2.05, 4.69) is 67.1 Å². The molecule has 5 nitrogen and oxygen atoms in total. The summed E-state index contributed by atoms with van der Waals surface area (Å²) in [5.74, 6) is 0.616. The maximum atomic E-state index is 12.9. The summed E-state index contributed by atoms with van der Waals surface area (Å²) in [6, 6.07) is 9.12. The van der Waals surface area contributed by atoms with Crippen LogP contribution in [0.2, 0.25) is 0 Å². The second-order valence-corrected chi connectivity index (χ2v) is 8.12. The van der Waals surface area contributed by atoms with Gasteiger partial charge in [0.25, 0.3) is 0 Å². The molecule has 1 amide bonds. The van der Waals surface area contributed by atoms with Crippen LogP contribution < -0.4 is 0 Å². The fraction of sp³-hybridized carbons (Fsp3) is 0.545. The molecule has 0 radical (unpaired) electrons. The average Bonchev–Trinajstić information content (AvgIpc) is 3.16. The van der Waals surface area contributed by atoms with Gasteiger partial charge in [-0.1, -0.05) is 29.8 Å². The second kappa shape index (κ2) is 7.85. The monoisotopic (exact) mass is 368 g/mol. The number of hydrogen-bond acceptors (Lipinski definition) is 3. The Balaban J connectivity index is 1.69. The molecule has 2 atom stereocenters. The average molecular weight is 369 g/mol. The summed E-state index contributed by atoms with van der Waals surface area (Å²) < 4.78 is 1.90. The first-order chi connectivity index (χ1) is 12.8. The first-order valence-electron chi connectivity index (χ1n) is 9.77. The van der Waals surface area contributed by atoms with E-state index in [0.717, 1.165) is 30.9 Å². The van der Waals surface area contributed by atoms with Crippen LogP contribution in [0.1, 0.15) is 40.4 Å². The van der Waals surface area contributed by atoms with Crippen molar-refractivity contribution in [3.05, 3.63) is 52.3 Å². The number of aryl methyl sites for hydroxylation is 3. The lowest BCUT2D eigenvalue weighted by atomic mass is 9.93. The minimum atomic E-state index is 0.249. The van der Waals surface area contributed by atoms with Crippen molar-refractivity contribution in [2.45, 2.75) is 45.6 Å². The molecule has 1 aliphatic heterocycles. The molecule has 0 N–H and O–H groups in total. The van der Waals surface area contributed by atoms with Crippen molar-refractivity contribution in [3.63, 3.8) is 0 Å². The van der Waals surface area contributed by atoms with Gasteiger partial charge in [0, 0.05) is 44.2 Å². The van der Waals surface area contributed by atoms with Gasteiger partial charge in [-0.3, -0.25) is 9.48 Å². The van der Waals surface area contributed by atoms with Crippen LogP contribution in [0.25, 0.3) is 0 Å². The van der Waals surface area contributed by atoms with Crippen molar-refractivity contribution in [2.75, 3.05) is 27.2 Å². The van der Waals surface area contributed by atoms with Crippen molar-refractivity contribution in [1.82, 2.24) is 19.6 Å². The van der Waals surface area contributed by atoms with Gasteiger partial charge in [-0.05, 0) is 52.4 Å². The lowest BCUT2D eigenvalue weighted by Gasteiger charge is -2.25. The Hall–Kier alpha value is -2.14. The number of carbonyl (C=O) groups excluding carboxylic acids is 1. The summed E-state index contributed by atoms with van der Waals surface area (Å²) in [5.41, 5.74) is 6.00. The maximum absolute atomic E-state index is 12.9. The SMILES string of the molecule is Cc1ccc([C@@H]2CN(C(=O)CCc3c(C)nn(C)c3C)C[C@H]2N(C)C)cc1. The summed E-state index contributed by atoms with van der Waals surface area (Å²) in [6.07, 6.45) is 1.32. The number of aromatic nitrogens is 2. The molecular formula is C22H32N4O. The molecule has 5 heteroatoms. The maximum Gasteiger partial charge on any atom is 0.222 e. The third-order valence-electron chi connectivity index (χ3n) is 6.06. The van der Waals surface area contributed by atoms with E-state index < -0.39 is 0 Å². The van der Waals surface area contributed by atoms with E-state index in [4.69, 9.17) is 0 Å². The van der Waals surface area contributed by atoms with Gasteiger partial charge in [0.2, 0.25) is 5.91 Å². The summed E-state index contributed by atoms with van der Waals surface area (Å²) in [6.45, 7) is 7.81. The van der Waals surface area contributed by atoms with E-state index >= 15 is 0 Å². The lowest BCUT2D eigenvalue weighted by Crippen LogP contribution is -2.35. The normalized spacial score (nSPS) is 19.9. The third-order valence-corrected chi connectivity index (χ3v) is 6.06. The molecule has 0 saturated carbocycles. The Morgan fingerprint density at radius 3 is 2.37 bits per heavy atom. The molecule has 27 heavy (non-hydrogen) atoms. The van der Waals surface area contributed by atoms with Crippen molar-refractivity contribution in [3.8, 4) is 0 Å². The van der Waals surface area contributed by atoms with Gasteiger partial charge >= 0.3 is 0 Å². The van der Waals surface area contributed by atoms with Crippen molar-refractivity contribution in [1.29, 1.82) is 0 Å². The zero-order valence-electron chi connectivity index (χ0n) is 17.5. The number of carbonyl (C=O) groups is 1. The molecule has 0 unspecified atom stereocenters. The molecule has 0 aliphatic carbocycles. The topological polar surface area (TPSA) is 41.4 Å². The molecule has 2 aromatic rings. The highest BCUT2D eigenvalue weighted by Gasteiger charge is 2.37. The molecule has 2 heterocycles. The number of likely N-dealkylation sites (N-methyl/N-ethyl adjacent to an activating group) is 1. The van der Waals surface area contributed by atoms with Gasteiger partial charge in [0.15, 0.2) is 0 Å². The summed E-state index contributed by atoms with van der Waals surface area (Å²) in [5, 5.41) is 4.47. The molecule has 1 saturated heterocycles. The minimum absolute atomic E-state index is 0.249. The number of amides is 1. The van der Waals surface area contributed by atoms with Crippen LogP contribution >= 0.6 is 0 Å². The number of rotatable bonds is 5. The molecule has 1 fully saturated rings. The Kier molecular flexibility index (Phi) is 5.70. The minimum Gasteiger partial charge on any atom is -0.340 e. The van der Waals surface area contributed by atoms with Crippen LogP contribution in [0.3, 0.4) is 0 Å². The molecule has 1 aromatic carbocycles. The Morgan fingerprint density at radius 2 is 1.81 bits per heavy atom. The van der Waals surface area contributed by atoms with Gasteiger partial charge in [0.05, 0.1) is 5.69 Å². The predicted octanol–water partition coefficient (Wildman–Crippen LogP) is 2.83. The van der Waals surface area contributed by atoms with E-state index in [1.165, 1.54) is 16.7 Å². The summed E-state index contributed by atoms with van der Waals surface area (Å²) in [7, 11) is 6.19. The summed E-state index contributed by atoms with van der Waals surface area (Å²) in [4.78, 5) is 17.2. The highest BCUT2D eigenvalue weighted by atomic mass is 16.2. The van der Waals surface area contributed by atoms with E-state index in [0.29, 0.717) is 18.4 Å². The smallest absolute Gasteiger partial charge is 0.222 e. The Labute approximate surface area is 163 Å². The van der Waals surface area contributed by atoms with Gasteiger partial charge in [-0.15, -0.1) is 0 Å². The van der Waals surface area contributed by atoms with E-state index in [1.807, 2.05) is 18.7 Å². The lowest BCUT2D eigenvalue weighted by molar-refractivity contribution is -0.130. The van der Waals surface area contributed by atoms with Crippen molar-refractivity contribution in [2.24, 2.45) is 7.05 Å². The molecule has 1 aliphatic rings. The van der Waals surface area contributed by atoms with Gasteiger partial charge in [0.1, 0.15) is 0 Å². The van der Waals surface area contributed by atoms with E-state index in [9.17, 15) is 4.79 Å². The molecule has 0 spiro atoms. The van der Waals surface area contributed by atoms with Crippen LogP contribution in [0.15, 0.2) is 24.3 Å². The standard InChI is InChI=1S/C22H32N4O/c1-15-7-9-18(10-8-15)20-13-26(14-21(20)24(4)5)22(27)12-11-19-16(2)23-25(6)17(19)3/h7-10,20-21H,11-14H2,1-6H3/t20-,21+/m0/s1. The summed E-state index contributed by atoms with van der Waals surface area (Å²) >= 11 is 0. The Morgan fingerprint density at radius 1 is 1.15 bits per heavy atom. The fourth-order valence-corrected chi connectivity index (χ4v) is 4.22. The van der Waals surface area contributed by atoms with Crippen LogP contribution in [0.4, 0.5) is 0 Å². The van der Waals surface area contributed by atoms with Crippen molar-refractivity contribution >= 4 is 5.91 Å². The van der Waals surface area contributed by atoms with E-state index in [-0.39, 0.29) is 5.91 Å². The zero-order valence-corrected chi connectivity index (χ0v) is 17.5. The van der Waals surface area contributed by atoms with Crippen LogP contribution in [-0.2, 0) is 18.3 Å². The van der Waals surface area contributed by atoms with Crippen LogP contribution in [0.5, 0.6) is 0 Å². The number of benzene rings is 1. The highest BCUT2D eigenvalue weighted by molar-refractivity contribution is 5.77. The quantitative estimate of drug-likeness (QED) is 0.815. The van der Waals surface area contributed by atoms with Crippen LogP contribution in [-0.4, -0.2) is 58.7 Å². The molecule has 0 bridgehead atoms. The van der Waals surface area contributed by atoms with Gasteiger partial charge in [-0.2, -0.15) is 5.10 Å². The van der Waals surface area contributed by atoms with Gasteiger partial charge < -0.3 is 9.80 Å². The van der Waals surface area contributed by atoms with Crippen LogP contribution in [0, 0.1) is 20.8 Å². The molecule has 3 rings (SSSR count). The van der Waals surface area contributed by atoms with Crippen molar-refractivity contribution < 1.29 is 4.79 Å². The highest BCUT2D eigenvalue weighted by Crippen LogP contribution is 2.31. The first-order valence-corrected chi connectivity index (χ1v) is 9.77. The molecule has 146 valence electrons. The first kappa shape index (κ1) is 19.6. The van der Waals surface area contributed by atoms with E-state index in [1.54, 1.807) is 0 Å². The van der Waals surface area contributed by atoms with Gasteiger partial charge in [-0.25, -0.2) is 0 Å². The number of hydrogen-bond donors (Lipinski definition) is 0. The molecular weight excluding hydrogens is 336 g/mol. The number of nitrogens with zero attached hydrogens (tertiary/aromatic N) is 4. The predicted molar refractivity (Wildman–Crippen MR) is 109 cm³/mol. The third kappa shape index (κ3) is 4.08.